The van der Waals surface area contributed by atoms with Crippen molar-refractivity contribution >= 4 is 17.2 Å². The normalized spacial score (nSPS) is 21.8. The van der Waals surface area contributed by atoms with E-state index in [0.717, 1.165) is 30.7 Å². The van der Waals surface area contributed by atoms with Gasteiger partial charge in [-0.05, 0) is 25.7 Å². The highest BCUT2D eigenvalue weighted by molar-refractivity contribution is 7.11. The average Bonchev–Trinajstić information content (AvgIpc) is 3.30. The van der Waals surface area contributed by atoms with Crippen molar-refractivity contribution in [3.63, 3.8) is 0 Å². The van der Waals surface area contributed by atoms with E-state index in [1.165, 1.54) is 31.4 Å². The van der Waals surface area contributed by atoms with E-state index in [1.807, 2.05) is 5.38 Å². The summed E-state index contributed by atoms with van der Waals surface area (Å²) in [7, 11) is 0. The number of rotatable bonds is 5. The molecule has 4 rings (SSSR count). The van der Waals surface area contributed by atoms with Crippen molar-refractivity contribution in [3.8, 4) is 5.19 Å². The average molecular weight is 316 g/mol. The fourth-order valence-electron chi connectivity index (χ4n) is 3.02. The molecule has 6 heteroatoms. The summed E-state index contributed by atoms with van der Waals surface area (Å²) in [6, 6.07) is 2.18. The van der Waals surface area contributed by atoms with E-state index in [4.69, 9.17) is 4.74 Å². The third-order valence-electron chi connectivity index (χ3n) is 4.36. The number of aromatic nitrogens is 3. The van der Waals surface area contributed by atoms with Gasteiger partial charge in [0.05, 0.1) is 6.61 Å². The zero-order chi connectivity index (χ0) is 14.8. The van der Waals surface area contributed by atoms with E-state index in [-0.39, 0.29) is 0 Å². The minimum Gasteiger partial charge on any atom is -0.470 e. The van der Waals surface area contributed by atoms with Crippen LogP contribution in [0.1, 0.15) is 37.3 Å². The molecule has 2 aromatic heterocycles. The topological polar surface area (TPSA) is 51.1 Å². The van der Waals surface area contributed by atoms with E-state index in [0.29, 0.717) is 11.8 Å². The van der Waals surface area contributed by atoms with Crippen LogP contribution < -0.4 is 9.64 Å². The number of ether oxygens (including phenoxy) is 1. The SMILES string of the molecule is c1nc(C2CC2)cc(N2CCCC(COc3nccs3)C2)n1. The molecule has 0 radical (unpaired) electrons. The van der Waals surface area contributed by atoms with Crippen LogP contribution >= 0.6 is 11.3 Å². The molecule has 3 heterocycles. The lowest BCUT2D eigenvalue weighted by atomic mass is 9.99. The number of nitrogens with zero attached hydrogens (tertiary/aromatic N) is 4. The van der Waals surface area contributed by atoms with Crippen LogP contribution in [0.15, 0.2) is 24.0 Å². The third kappa shape index (κ3) is 3.21. The molecular weight excluding hydrogens is 296 g/mol. The Morgan fingerprint density at radius 1 is 1.23 bits per heavy atom. The van der Waals surface area contributed by atoms with Crippen molar-refractivity contribution in [2.24, 2.45) is 5.92 Å². The Hall–Kier alpha value is -1.69. The van der Waals surface area contributed by atoms with Crippen LogP contribution in [0.2, 0.25) is 0 Å². The Labute approximate surface area is 134 Å². The first-order valence-corrected chi connectivity index (χ1v) is 8.85. The molecule has 2 fully saturated rings. The van der Waals surface area contributed by atoms with E-state index >= 15 is 0 Å². The summed E-state index contributed by atoms with van der Waals surface area (Å²) < 4.78 is 5.79. The van der Waals surface area contributed by atoms with E-state index in [9.17, 15) is 0 Å². The summed E-state index contributed by atoms with van der Waals surface area (Å²) in [6.07, 6.45) is 8.46. The maximum Gasteiger partial charge on any atom is 0.273 e. The number of hydrogen-bond acceptors (Lipinski definition) is 6. The van der Waals surface area contributed by atoms with Gasteiger partial charge in [0.25, 0.3) is 5.19 Å². The molecule has 22 heavy (non-hydrogen) atoms. The Morgan fingerprint density at radius 3 is 3.00 bits per heavy atom. The molecule has 0 N–H and O–H groups in total. The highest BCUT2D eigenvalue weighted by Gasteiger charge is 2.27. The number of thiazole rings is 1. The minimum absolute atomic E-state index is 0.539. The van der Waals surface area contributed by atoms with Crippen molar-refractivity contribution in [1.82, 2.24) is 15.0 Å². The zero-order valence-electron chi connectivity index (χ0n) is 12.5. The second-order valence-electron chi connectivity index (χ2n) is 6.14. The Bertz CT molecular complexity index is 614. The molecule has 5 nitrogen and oxygen atoms in total. The van der Waals surface area contributed by atoms with Gasteiger partial charge < -0.3 is 9.64 Å². The van der Waals surface area contributed by atoms with Crippen LogP contribution in [0.3, 0.4) is 0 Å². The van der Waals surface area contributed by atoms with Crippen molar-refractivity contribution < 1.29 is 4.74 Å². The van der Waals surface area contributed by atoms with Gasteiger partial charge in [0.1, 0.15) is 12.1 Å². The highest BCUT2D eigenvalue weighted by atomic mass is 32.1. The molecule has 1 aliphatic heterocycles. The van der Waals surface area contributed by atoms with Gasteiger partial charge in [0, 0.05) is 48.3 Å². The summed E-state index contributed by atoms with van der Waals surface area (Å²) in [4.78, 5) is 15.5. The van der Waals surface area contributed by atoms with Crippen LogP contribution in [-0.4, -0.2) is 34.6 Å². The summed E-state index contributed by atoms with van der Waals surface area (Å²) in [6.45, 7) is 2.83. The Kier molecular flexibility index (Phi) is 3.93. The quantitative estimate of drug-likeness (QED) is 0.848. The lowest BCUT2D eigenvalue weighted by Gasteiger charge is -2.33. The monoisotopic (exact) mass is 316 g/mol. The molecule has 1 saturated heterocycles. The largest absolute Gasteiger partial charge is 0.470 e. The fourth-order valence-corrected chi connectivity index (χ4v) is 3.51. The zero-order valence-corrected chi connectivity index (χ0v) is 13.3. The van der Waals surface area contributed by atoms with E-state index < -0.39 is 0 Å². The van der Waals surface area contributed by atoms with Crippen molar-refractivity contribution in [2.75, 3.05) is 24.6 Å². The molecule has 0 amide bonds. The standard InChI is InChI=1S/C16H20N4OS/c1-2-12(10-21-16-17-5-7-22-16)9-20(6-1)15-8-14(13-3-4-13)18-11-19-15/h5,7-8,11-13H,1-4,6,9-10H2. The van der Waals surface area contributed by atoms with Gasteiger partial charge in [-0.2, -0.15) is 0 Å². The molecule has 1 aliphatic carbocycles. The lowest BCUT2D eigenvalue weighted by molar-refractivity contribution is 0.227. The smallest absolute Gasteiger partial charge is 0.273 e. The molecule has 0 bridgehead atoms. The maximum atomic E-state index is 5.79. The molecular formula is C16H20N4OS. The van der Waals surface area contributed by atoms with Gasteiger partial charge in [-0.3, -0.25) is 0 Å². The van der Waals surface area contributed by atoms with Crippen LogP contribution in [0.25, 0.3) is 0 Å². The van der Waals surface area contributed by atoms with Gasteiger partial charge in [0.15, 0.2) is 0 Å². The van der Waals surface area contributed by atoms with E-state index in [1.54, 1.807) is 23.9 Å². The molecule has 0 spiro atoms. The summed E-state index contributed by atoms with van der Waals surface area (Å²) in [5, 5.41) is 2.72. The Balaban J connectivity index is 1.38. The second kappa shape index (κ2) is 6.20. The molecule has 2 aliphatic rings. The molecule has 1 saturated carbocycles. The first-order chi connectivity index (χ1) is 10.9. The molecule has 116 valence electrons. The van der Waals surface area contributed by atoms with Crippen molar-refractivity contribution in [1.29, 1.82) is 0 Å². The summed E-state index contributed by atoms with van der Waals surface area (Å²) in [5.74, 6) is 2.29. The van der Waals surface area contributed by atoms with Gasteiger partial charge in [-0.1, -0.05) is 11.3 Å². The van der Waals surface area contributed by atoms with Crippen LogP contribution in [0, 0.1) is 5.92 Å². The molecule has 0 aromatic carbocycles. The van der Waals surface area contributed by atoms with E-state index in [2.05, 4.69) is 25.9 Å². The molecule has 1 atom stereocenters. The first kappa shape index (κ1) is 13.9. The van der Waals surface area contributed by atoms with Crippen molar-refractivity contribution in [2.45, 2.75) is 31.6 Å². The van der Waals surface area contributed by atoms with Crippen LogP contribution in [-0.2, 0) is 0 Å². The molecule has 1 unspecified atom stereocenters. The minimum atomic E-state index is 0.539. The van der Waals surface area contributed by atoms with Crippen LogP contribution in [0.4, 0.5) is 5.82 Å². The van der Waals surface area contributed by atoms with Gasteiger partial charge >= 0.3 is 0 Å². The van der Waals surface area contributed by atoms with Gasteiger partial charge in [0.2, 0.25) is 0 Å². The van der Waals surface area contributed by atoms with Gasteiger partial charge in [-0.15, -0.1) is 0 Å². The first-order valence-electron chi connectivity index (χ1n) is 7.97. The lowest BCUT2D eigenvalue weighted by Crippen LogP contribution is -2.38. The summed E-state index contributed by atoms with van der Waals surface area (Å²) in [5.41, 5.74) is 1.21. The second-order valence-corrected chi connectivity index (χ2v) is 7.00. The predicted molar refractivity (Wildman–Crippen MR) is 86.6 cm³/mol. The van der Waals surface area contributed by atoms with Gasteiger partial charge in [-0.25, -0.2) is 15.0 Å². The Morgan fingerprint density at radius 2 is 2.18 bits per heavy atom. The van der Waals surface area contributed by atoms with Crippen molar-refractivity contribution in [3.05, 3.63) is 29.7 Å². The highest BCUT2D eigenvalue weighted by Crippen LogP contribution is 2.39. The molecule has 2 aromatic rings. The maximum absolute atomic E-state index is 5.79. The third-order valence-corrected chi connectivity index (χ3v) is 5.05. The number of anilines is 1. The number of piperidine rings is 1. The van der Waals surface area contributed by atoms with Crippen LogP contribution in [0.5, 0.6) is 5.19 Å². The number of hydrogen-bond donors (Lipinski definition) is 0. The summed E-state index contributed by atoms with van der Waals surface area (Å²) >= 11 is 1.55. The predicted octanol–water partition coefficient (Wildman–Crippen LogP) is 3.11. The fraction of sp³-hybridized carbons (Fsp3) is 0.562.